The molecule has 1 aromatic rings. The molecule has 0 saturated carbocycles. The maximum atomic E-state index is 12.6. The second-order valence-electron chi connectivity index (χ2n) is 5.14. The summed E-state index contributed by atoms with van der Waals surface area (Å²) in [7, 11) is 0. The number of rotatable bonds is 8. The van der Waals surface area contributed by atoms with Gasteiger partial charge in [-0.2, -0.15) is 0 Å². The molecule has 2 heterocycles. The highest BCUT2D eigenvalue weighted by atomic mass is 16.2. The van der Waals surface area contributed by atoms with E-state index in [2.05, 4.69) is 18.1 Å². The van der Waals surface area contributed by atoms with E-state index in [0.717, 1.165) is 6.21 Å². The Kier molecular flexibility index (Phi) is 5.00. The summed E-state index contributed by atoms with van der Waals surface area (Å²) in [5.74, 6) is -1.70. The molecule has 1 aromatic heterocycles. The molecule has 7 nitrogen and oxygen atoms in total. The van der Waals surface area contributed by atoms with Crippen LogP contribution in [0.15, 0.2) is 25.6 Å². The molecule has 0 aliphatic carbocycles. The Morgan fingerprint density at radius 1 is 1.35 bits per heavy atom. The minimum atomic E-state index is -0.660. The van der Waals surface area contributed by atoms with Crippen molar-refractivity contribution in [2.75, 3.05) is 6.54 Å². The van der Waals surface area contributed by atoms with Crippen molar-refractivity contribution >= 4 is 30.0 Å². The second kappa shape index (κ2) is 6.95. The van der Waals surface area contributed by atoms with Crippen LogP contribution in [0.1, 0.15) is 41.4 Å². The zero-order chi connectivity index (χ0) is 17.0. The van der Waals surface area contributed by atoms with E-state index in [1.807, 2.05) is 0 Å². The van der Waals surface area contributed by atoms with Crippen molar-refractivity contribution in [3.05, 3.63) is 36.9 Å². The van der Waals surface area contributed by atoms with Gasteiger partial charge >= 0.3 is 0 Å². The molecule has 2 rings (SSSR count). The van der Waals surface area contributed by atoms with Crippen LogP contribution in [0.2, 0.25) is 0 Å². The second-order valence-corrected chi connectivity index (χ2v) is 5.14. The number of ketones is 1. The summed E-state index contributed by atoms with van der Waals surface area (Å²) in [4.78, 5) is 41.4. The number of amides is 2. The van der Waals surface area contributed by atoms with E-state index < -0.39 is 11.8 Å². The number of aromatic nitrogens is 2. The molecule has 1 unspecified atom stereocenters. The predicted molar refractivity (Wildman–Crippen MR) is 85.2 cm³/mol. The third kappa shape index (κ3) is 3.03. The molecule has 0 aromatic carbocycles. The molecule has 0 radical (unpaired) electrons. The standard InChI is InChI=1S/C16H18N4O3/c1-3-12-13-14(19(4-2)10-18-13)16(23)20(15(12)22)8-6-5-7-11(21)9-17/h3-4,9-10,12,17H,1-2,5-8H2. The number of fused-ring (bicyclic) bond motifs is 1. The largest absolute Gasteiger partial charge is 0.305 e. The quantitative estimate of drug-likeness (QED) is 0.341. The fourth-order valence-corrected chi connectivity index (χ4v) is 2.54. The van der Waals surface area contributed by atoms with E-state index in [9.17, 15) is 14.4 Å². The molecule has 0 bridgehead atoms. The molecular formula is C16H18N4O3. The maximum absolute atomic E-state index is 12.6. The van der Waals surface area contributed by atoms with Crippen LogP contribution in [0.3, 0.4) is 0 Å². The summed E-state index contributed by atoms with van der Waals surface area (Å²) in [6.07, 6.45) is 6.40. The molecular weight excluding hydrogens is 296 g/mol. The lowest BCUT2D eigenvalue weighted by molar-refractivity contribution is -0.129. The highest BCUT2D eigenvalue weighted by Crippen LogP contribution is 2.29. The zero-order valence-electron chi connectivity index (χ0n) is 12.7. The average Bonchev–Trinajstić information content (AvgIpc) is 2.98. The van der Waals surface area contributed by atoms with Crippen LogP contribution >= 0.6 is 0 Å². The van der Waals surface area contributed by atoms with Gasteiger partial charge in [0.15, 0.2) is 5.78 Å². The van der Waals surface area contributed by atoms with Gasteiger partial charge in [-0.3, -0.25) is 19.3 Å². The van der Waals surface area contributed by atoms with Crippen LogP contribution in [0.25, 0.3) is 6.20 Å². The molecule has 2 amide bonds. The van der Waals surface area contributed by atoms with Crippen molar-refractivity contribution in [3.63, 3.8) is 0 Å². The molecule has 1 N–H and O–H groups in total. The lowest BCUT2D eigenvalue weighted by atomic mass is 9.96. The molecule has 1 aliphatic heterocycles. The number of Topliss-reactive ketones (excluding diaryl/α,β-unsaturated/α-hetero) is 1. The summed E-state index contributed by atoms with van der Waals surface area (Å²) in [5, 5.41) is 6.84. The van der Waals surface area contributed by atoms with Crippen LogP contribution in [-0.4, -0.2) is 44.8 Å². The molecule has 23 heavy (non-hydrogen) atoms. The van der Waals surface area contributed by atoms with Gasteiger partial charge in [0.1, 0.15) is 11.6 Å². The molecule has 120 valence electrons. The molecule has 1 atom stereocenters. The molecule has 0 fully saturated rings. The minimum absolute atomic E-state index is 0.217. The van der Waals surface area contributed by atoms with Gasteiger partial charge in [0, 0.05) is 19.2 Å². The Bertz CT molecular complexity index is 689. The first-order valence-electron chi connectivity index (χ1n) is 7.26. The van der Waals surface area contributed by atoms with Gasteiger partial charge in [-0.05, 0) is 12.8 Å². The first-order valence-corrected chi connectivity index (χ1v) is 7.26. The third-order valence-electron chi connectivity index (χ3n) is 3.74. The van der Waals surface area contributed by atoms with E-state index in [1.165, 1.54) is 28.1 Å². The van der Waals surface area contributed by atoms with Crippen molar-refractivity contribution < 1.29 is 14.4 Å². The number of hydrogen-bond donors (Lipinski definition) is 1. The summed E-state index contributed by atoms with van der Waals surface area (Å²) < 4.78 is 1.49. The normalized spacial score (nSPS) is 16.9. The summed E-state index contributed by atoms with van der Waals surface area (Å²) in [6.45, 7) is 7.50. The van der Waals surface area contributed by atoms with Gasteiger partial charge in [-0.15, -0.1) is 6.58 Å². The zero-order valence-corrected chi connectivity index (χ0v) is 12.7. The lowest BCUT2D eigenvalue weighted by Crippen LogP contribution is -2.45. The summed E-state index contributed by atoms with van der Waals surface area (Å²) >= 11 is 0. The number of nitrogens with zero attached hydrogens (tertiary/aromatic N) is 3. The van der Waals surface area contributed by atoms with Crippen molar-refractivity contribution in [1.82, 2.24) is 14.5 Å². The van der Waals surface area contributed by atoms with Gasteiger partial charge in [0.2, 0.25) is 5.91 Å². The highest BCUT2D eigenvalue weighted by Gasteiger charge is 2.40. The van der Waals surface area contributed by atoms with E-state index in [0.29, 0.717) is 24.2 Å². The van der Waals surface area contributed by atoms with E-state index in [1.54, 1.807) is 0 Å². The van der Waals surface area contributed by atoms with Crippen LogP contribution in [0, 0.1) is 5.41 Å². The van der Waals surface area contributed by atoms with Gasteiger partial charge in [-0.25, -0.2) is 4.98 Å². The fraction of sp³-hybridized carbons (Fsp3) is 0.312. The lowest BCUT2D eigenvalue weighted by Gasteiger charge is -2.29. The number of nitrogens with one attached hydrogen (secondary N) is 1. The Hall–Kier alpha value is -2.83. The molecule has 0 spiro atoms. The highest BCUT2D eigenvalue weighted by molar-refractivity contribution is 6.26. The average molecular weight is 314 g/mol. The molecule has 1 aliphatic rings. The fourth-order valence-electron chi connectivity index (χ4n) is 2.54. The van der Waals surface area contributed by atoms with E-state index in [4.69, 9.17) is 5.41 Å². The topological polar surface area (TPSA) is 96.1 Å². The summed E-state index contributed by atoms with van der Waals surface area (Å²) in [5.41, 5.74) is 0.713. The first-order chi connectivity index (χ1) is 11.0. The van der Waals surface area contributed by atoms with Crippen molar-refractivity contribution in [2.45, 2.75) is 25.2 Å². The van der Waals surface area contributed by atoms with Gasteiger partial charge < -0.3 is 9.98 Å². The Balaban J connectivity index is 2.17. The first kappa shape index (κ1) is 16.5. The number of hydrogen-bond acceptors (Lipinski definition) is 5. The van der Waals surface area contributed by atoms with E-state index >= 15 is 0 Å². The number of imidazole rings is 1. The van der Waals surface area contributed by atoms with Crippen LogP contribution in [-0.2, 0) is 9.59 Å². The monoisotopic (exact) mass is 314 g/mol. The van der Waals surface area contributed by atoms with E-state index in [-0.39, 0.29) is 24.7 Å². The Labute approximate surface area is 133 Å². The Morgan fingerprint density at radius 2 is 2.09 bits per heavy atom. The van der Waals surface area contributed by atoms with Crippen LogP contribution in [0.5, 0.6) is 0 Å². The maximum Gasteiger partial charge on any atom is 0.279 e. The third-order valence-corrected chi connectivity index (χ3v) is 3.74. The number of unbranched alkanes of at least 4 members (excludes halogenated alkanes) is 1. The van der Waals surface area contributed by atoms with Crippen molar-refractivity contribution in [3.8, 4) is 0 Å². The van der Waals surface area contributed by atoms with Gasteiger partial charge in [-0.1, -0.05) is 12.7 Å². The van der Waals surface area contributed by atoms with Crippen LogP contribution < -0.4 is 0 Å². The number of carbonyl (C=O) groups is 3. The van der Waals surface area contributed by atoms with Gasteiger partial charge in [0.05, 0.1) is 18.2 Å². The van der Waals surface area contributed by atoms with Crippen LogP contribution in [0.4, 0.5) is 0 Å². The molecule has 7 heteroatoms. The smallest absolute Gasteiger partial charge is 0.279 e. The minimum Gasteiger partial charge on any atom is -0.305 e. The predicted octanol–water partition coefficient (Wildman–Crippen LogP) is 1.62. The summed E-state index contributed by atoms with van der Waals surface area (Å²) in [6, 6.07) is 0. The SMILES string of the molecule is C=CC1C(=O)N(CCCCC(=O)C=N)C(=O)c2c1ncn2C=C. The van der Waals surface area contributed by atoms with Crippen molar-refractivity contribution in [1.29, 1.82) is 5.41 Å². The molecule has 0 saturated heterocycles. The number of imide groups is 1. The number of carbonyl (C=O) groups excluding carboxylic acids is 3. The van der Waals surface area contributed by atoms with Gasteiger partial charge in [0.25, 0.3) is 5.91 Å². The Morgan fingerprint density at radius 3 is 2.70 bits per heavy atom. The van der Waals surface area contributed by atoms with Crippen molar-refractivity contribution in [2.24, 2.45) is 0 Å².